The second-order valence-electron chi connectivity index (χ2n) is 3.59. The van der Waals surface area contributed by atoms with Crippen molar-refractivity contribution < 1.29 is 13.9 Å². The number of hydrogen-bond acceptors (Lipinski definition) is 2. The lowest BCUT2D eigenvalue weighted by Gasteiger charge is -2.13. The highest BCUT2D eigenvalue weighted by atomic mass is 35.5. The number of nitrogens with zero attached hydrogens (tertiary/aromatic N) is 1. The highest BCUT2D eigenvalue weighted by Gasteiger charge is 2.19. The van der Waals surface area contributed by atoms with Crippen LogP contribution in [0, 0.1) is 11.6 Å². The van der Waals surface area contributed by atoms with Crippen LogP contribution in [0.25, 0.3) is 0 Å². The summed E-state index contributed by atoms with van der Waals surface area (Å²) >= 11 is 11.5. The van der Waals surface area contributed by atoms with Gasteiger partial charge in [0.15, 0.2) is 0 Å². The molecule has 1 aromatic carbocycles. The number of aromatic nitrogens is 1. The Balaban J connectivity index is 2.44. The zero-order valence-corrected chi connectivity index (χ0v) is 10.4. The quantitative estimate of drug-likeness (QED) is 0.913. The number of hydrogen-bond donors (Lipinski definition) is 1. The molecule has 1 atom stereocenters. The molecule has 2 aromatic rings. The highest BCUT2D eigenvalue weighted by molar-refractivity contribution is 6.34. The molecule has 2 nitrogen and oxygen atoms in total. The molecule has 0 aliphatic carbocycles. The van der Waals surface area contributed by atoms with Crippen LogP contribution in [-0.4, -0.2) is 10.1 Å². The summed E-state index contributed by atoms with van der Waals surface area (Å²) in [5.41, 5.74) is -0.0419. The summed E-state index contributed by atoms with van der Waals surface area (Å²) in [5.74, 6) is -1.59. The summed E-state index contributed by atoms with van der Waals surface area (Å²) in [6.45, 7) is 0. The molecule has 1 unspecified atom stereocenters. The smallest absolute Gasteiger partial charge is 0.132 e. The molecule has 0 radical (unpaired) electrons. The number of pyridine rings is 1. The van der Waals surface area contributed by atoms with E-state index >= 15 is 0 Å². The fourth-order valence-corrected chi connectivity index (χ4v) is 1.98. The van der Waals surface area contributed by atoms with Crippen molar-refractivity contribution >= 4 is 23.2 Å². The minimum atomic E-state index is -1.38. The molecule has 6 heteroatoms. The average Bonchev–Trinajstić information content (AvgIpc) is 2.28. The second kappa shape index (κ2) is 5.18. The molecule has 2 rings (SSSR count). The van der Waals surface area contributed by atoms with Crippen molar-refractivity contribution in [2.45, 2.75) is 6.10 Å². The Labute approximate surface area is 112 Å². The first-order valence-electron chi connectivity index (χ1n) is 4.93. The molecule has 1 heterocycles. The fraction of sp³-hybridized carbons (Fsp3) is 0.0833. The van der Waals surface area contributed by atoms with Gasteiger partial charge in [0.2, 0.25) is 0 Å². The van der Waals surface area contributed by atoms with Gasteiger partial charge in [0.1, 0.15) is 17.7 Å². The maximum atomic E-state index is 13.5. The molecule has 0 aliphatic heterocycles. The molecule has 0 spiro atoms. The largest absolute Gasteiger partial charge is 0.382 e. The molecule has 0 amide bonds. The van der Waals surface area contributed by atoms with Crippen LogP contribution in [0.3, 0.4) is 0 Å². The molecule has 0 fully saturated rings. The Morgan fingerprint density at radius 1 is 1.17 bits per heavy atom. The number of aliphatic hydroxyl groups is 1. The Kier molecular flexibility index (Phi) is 3.80. The molecule has 0 saturated carbocycles. The molecule has 1 N–H and O–H groups in total. The maximum absolute atomic E-state index is 13.5. The number of benzene rings is 1. The summed E-state index contributed by atoms with van der Waals surface area (Å²) in [7, 11) is 0. The average molecular weight is 290 g/mol. The van der Waals surface area contributed by atoms with E-state index in [4.69, 9.17) is 23.2 Å². The van der Waals surface area contributed by atoms with E-state index in [2.05, 4.69) is 4.98 Å². The molecular formula is C12H7Cl2F2NO. The van der Waals surface area contributed by atoms with Crippen LogP contribution < -0.4 is 0 Å². The van der Waals surface area contributed by atoms with E-state index < -0.39 is 17.7 Å². The summed E-state index contributed by atoms with van der Waals surface area (Å²) in [4.78, 5) is 3.84. The normalized spacial score (nSPS) is 12.5. The van der Waals surface area contributed by atoms with Gasteiger partial charge >= 0.3 is 0 Å². The van der Waals surface area contributed by atoms with Gasteiger partial charge in [-0.1, -0.05) is 29.3 Å². The summed E-state index contributed by atoms with van der Waals surface area (Å²) < 4.78 is 26.3. The first-order valence-corrected chi connectivity index (χ1v) is 5.68. The predicted octanol–water partition coefficient (Wildman–Crippen LogP) is 3.75. The third-order valence-corrected chi connectivity index (χ3v) is 2.86. The van der Waals surface area contributed by atoms with Gasteiger partial charge in [0.25, 0.3) is 0 Å². The first kappa shape index (κ1) is 13.2. The number of halogens is 4. The SMILES string of the molecule is OC(c1ccc(F)cc1F)c1ncc(Cl)cc1Cl. The van der Waals surface area contributed by atoms with E-state index in [1.165, 1.54) is 12.3 Å². The summed E-state index contributed by atoms with van der Waals surface area (Å²) in [6, 6.07) is 4.26. The van der Waals surface area contributed by atoms with E-state index in [0.717, 1.165) is 12.1 Å². The van der Waals surface area contributed by atoms with Gasteiger partial charge in [-0.05, 0) is 12.1 Å². The molecule has 0 aliphatic rings. The van der Waals surface area contributed by atoms with E-state index in [0.29, 0.717) is 11.1 Å². The maximum Gasteiger partial charge on any atom is 0.132 e. The third kappa shape index (κ3) is 2.61. The molecule has 18 heavy (non-hydrogen) atoms. The number of rotatable bonds is 2. The standard InChI is InChI=1S/C12H7Cl2F2NO/c13-6-3-9(14)11(17-5-6)12(18)8-2-1-7(15)4-10(8)16/h1-5,12,18H. The second-order valence-corrected chi connectivity index (χ2v) is 4.43. The van der Waals surface area contributed by atoms with Crippen LogP contribution in [0.4, 0.5) is 8.78 Å². The van der Waals surface area contributed by atoms with Crippen molar-refractivity contribution in [2.75, 3.05) is 0 Å². The first-order chi connectivity index (χ1) is 8.49. The van der Waals surface area contributed by atoms with Gasteiger partial charge in [-0.2, -0.15) is 0 Å². The Morgan fingerprint density at radius 2 is 1.89 bits per heavy atom. The Hall–Kier alpha value is -1.23. The Morgan fingerprint density at radius 3 is 2.50 bits per heavy atom. The molecule has 1 aromatic heterocycles. The lowest BCUT2D eigenvalue weighted by molar-refractivity contribution is 0.210. The van der Waals surface area contributed by atoms with E-state index in [1.54, 1.807) is 0 Å². The van der Waals surface area contributed by atoms with Gasteiger partial charge in [-0.15, -0.1) is 0 Å². The van der Waals surface area contributed by atoms with Crippen LogP contribution in [0.15, 0.2) is 30.5 Å². The van der Waals surface area contributed by atoms with Crippen LogP contribution >= 0.6 is 23.2 Å². The predicted molar refractivity (Wildman–Crippen MR) is 64.7 cm³/mol. The van der Waals surface area contributed by atoms with Gasteiger partial charge in [0, 0.05) is 17.8 Å². The summed E-state index contributed by atoms with van der Waals surface area (Å²) in [6.07, 6.45) is -0.0942. The van der Waals surface area contributed by atoms with E-state index in [-0.39, 0.29) is 16.3 Å². The fourth-order valence-electron chi connectivity index (χ4n) is 1.50. The van der Waals surface area contributed by atoms with Gasteiger partial charge in [-0.25, -0.2) is 8.78 Å². The summed E-state index contributed by atoms with van der Waals surface area (Å²) in [5, 5.41) is 10.4. The molecule has 0 bridgehead atoms. The van der Waals surface area contributed by atoms with Crippen LogP contribution in [0.1, 0.15) is 17.4 Å². The van der Waals surface area contributed by atoms with Gasteiger partial charge in [0.05, 0.1) is 15.7 Å². The van der Waals surface area contributed by atoms with Crippen molar-refractivity contribution in [3.05, 3.63) is 63.4 Å². The third-order valence-electron chi connectivity index (χ3n) is 2.35. The molecule has 94 valence electrons. The lowest BCUT2D eigenvalue weighted by Crippen LogP contribution is -2.06. The van der Waals surface area contributed by atoms with Crippen molar-refractivity contribution in [3.8, 4) is 0 Å². The molecule has 0 saturated heterocycles. The topological polar surface area (TPSA) is 33.1 Å². The van der Waals surface area contributed by atoms with Crippen molar-refractivity contribution in [1.82, 2.24) is 4.98 Å². The highest BCUT2D eigenvalue weighted by Crippen LogP contribution is 2.29. The minimum absolute atomic E-state index is 0.0616. The van der Waals surface area contributed by atoms with Crippen LogP contribution in [0.2, 0.25) is 10.0 Å². The molecular weight excluding hydrogens is 283 g/mol. The minimum Gasteiger partial charge on any atom is -0.382 e. The van der Waals surface area contributed by atoms with Gasteiger partial charge < -0.3 is 5.11 Å². The van der Waals surface area contributed by atoms with Crippen LogP contribution in [-0.2, 0) is 0 Å². The zero-order valence-electron chi connectivity index (χ0n) is 8.87. The van der Waals surface area contributed by atoms with Crippen molar-refractivity contribution in [1.29, 1.82) is 0 Å². The number of aliphatic hydroxyl groups excluding tert-OH is 1. The monoisotopic (exact) mass is 289 g/mol. The van der Waals surface area contributed by atoms with Crippen molar-refractivity contribution in [3.63, 3.8) is 0 Å². The van der Waals surface area contributed by atoms with E-state index in [1.807, 2.05) is 0 Å². The van der Waals surface area contributed by atoms with E-state index in [9.17, 15) is 13.9 Å². The zero-order chi connectivity index (χ0) is 13.3. The van der Waals surface area contributed by atoms with Crippen LogP contribution in [0.5, 0.6) is 0 Å². The van der Waals surface area contributed by atoms with Crippen molar-refractivity contribution in [2.24, 2.45) is 0 Å². The Bertz CT molecular complexity index is 541. The lowest BCUT2D eigenvalue weighted by atomic mass is 10.1. The van der Waals surface area contributed by atoms with Gasteiger partial charge in [-0.3, -0.25) is 4.98 Å².